The van der Waals surface area contributed by atoms with E-state index < -0.39 is 23.8 Å². The van der Waals surface area contributed by atoms with E-state index in [1.165, 1.54) is 18.3 Å². The number of pyridine rings is 1. The van der Waals surface area contributed by atoms with Crippen LogP contribution in [0.5, 0.6) is 5.75 Å². The molecule has 220 valence electrons. The highest BCUT2D eigenvalue weighted by Crippen LogP contribution is 2.38. The number of nitrogens with one attached hydrogen (secondary N) is 3. The summed E-state index contributed by atoms with van der Waals surface area (Å²) in [5, 5.41) is 11.1. The first-order valence-electron chi connectivity index (χ1n) is 13.0. The molecule has 0 radical (unpaired) electrons. The number of carbonyl (C=O) groups is 2. The molecule has 3 heterocycles. The van der Waals surface area contributed by atoms with E-state index in [1.807, 2.05) is 0 Å². The van der Waals surface area contributed by atoms with Crippen LogP contribution >= 0.6 is 0 Å². The Labute approximate surface area is 236 Å². The molecule has 10 nitrogen and oxygen atoms in total. The third-order valence-corrected chi connectivity index (χ3v) is 7.35. The number of carbonyl (C=O) groups excluding carboxylic acids is 2. The molecule has 1 aliphatic heterocycles. The van der Waals surface area contributed by atoms with Gasteiger partial charge >= 0.3 is 12.2 Å². The van der Waals surface area contributed by atoms with Crippen molar-refractivity contribution in [3.63, 3.8) is 0 Å². The molecule has 0 aliphatic carbocycles. The fraction of sp³-hybridized carbons (Fsp3) is 0.429. The second-order valence-electron chi connectivity index (χ2n) is 11.4. The van der Waals surface area contributed by atoms with Crippen molar-refractivity contribution in [2.45, 2.75) is 63.9 Å². The van der Waals surface area contributed by atoms with Gasteiger partial charge in [0.1, 0.15) is 23.2 Å². The standard InChI is InChI=1S/C28H34F3N7O3/c1-26(2)14-20(15-27(3,4)38(26)6)41-19-11-12-21(32-16-19)24(39)33-17-7-9-18(10-8-17)34-25(40)35-23-13-22(28(29,30)31)37(5)36-23/h7-13,16,20H,14-15H2,1-6H3,(H,33,39)(H2,34,35,36,40). The van der Waals surface area contributed by atoms with Gasteiger partial charge in [0.15, 0.2) is 5.82 Å². The molecule has 0 bridgehead atoms. The van der Waals surface area contributed by atoms with Gasteiger partial charge in [-0.2, -0.15) is 18.3 Å². The summed E-state index contributed by atoms with van der Waals surface area (Å²) in [5.74, 6) is -0.0759. The largest absolute Gasteiger partial charge is 0.489 e. The van der Waals surface area contributed by atoms with Gasteiger partial charge in [0, 0.05) is 48.4 Å². The molecular formula is C28H34F3N7O3. The number of likely N-dealkylation sites (tertiary alicyclic amines) is 1. The summed E-state index contributed by atoms with van der Waals surface area (Å²) in [6.45, 7) is 8.80. The fourth-order valence-corrected chi connectivity index (χ4v) is 5.04. The number of rotatable bonds is 6. The predicted molar refractivity (Wildman–Crippen MR) is 149 cm³/mol. The van der Waals surface area contributed by atoms with E-state index in [0.717, 1.165) is 26.0 Å². The van der Waals surface area contributed by atoms with Crippen molar-refractivity contribution in [1.29, 1.82) is 0 Å². The van der Waals surface area contributed by atoms with E-state index in [9.17, 15) is 22.8 Å². The molecule has 4 rings (SSSR count). The first-order valence-corrected chi connectivity index (χ1v) is 13.0. The number of hydrogen-bond donors (Lipinski definition) is 3. The molecule has 13 heteroatoms. The van der Waals surface area contributed by atoms with E-state index in [4.69, 9.17) is 4.74 Å². The lowest BCUT2D eigenvalue weighted by Gasteiger charge is -2.53. The molecule has 3 aromatic rings. The lowest BCUT2D eigenvalue weighted by Crippen LogP contribution is -2.60. The van der Waals surface area contributed by atoms with Gasteiger partial charge in [0.2, 0.25) is 0 Å². The molecule has 2 aromatic heterocycles. The van der Waals surface area contributed by atoms with Gasteiger partial charge in [-0.1, -0.05) is 0 Å². The normalized spacial score (nSPS) is 17.1. The van der Waals surface area contributed by atoms with Crippen LogP contribution in [0.1, 0.15) is 56.7 Å². The van der Waals surface area contributed by atoms with Gasteiger partial charge in [0.05, 0.1) is 6.20 Å². The van der Waals surface area contributed by atoms with E-state index >= 15 is 0 Å². The average molecular weight is 574 g/mol. The van der Waals surface area contributed by atoms with Crippen molar-refractivity contribution in [2.24, 2.45) is 7.05 Å². The lowest BCUT2D eigenvalue weighted by atomic mass is 9.79. The second kappa shape index (κ2) is 11.0. The Balaban J connectivity index is 1.30. The Bertz CT molecular complexity index is 1380. The third-order valence-electron chi connectivity index (χ3n) is 7.35. The minimum Gasteiger partial charge on any atom is -0.489 e. The summed E-state index contributed by atoms with van der Waals surface area (Å²) in [7, 11) is 3.27. The van der Waals surface area contributed by atoms with Crippen LogP contribution in [0, 0.1) is 0 Å². The minimum atomic E-state index is -4.59. The molecule has 1 fully saturated rings. The molecule has 1 saturated heterocycles. The van der Waals surface area contributed by atoms with Crippen LogP contribution in [0.3, 0.4) is 0 Å². The number of amides is 3. The van der Waals surface area contributed by atoms with Gasteiger partial charge in [-0.25, -0.2) is 9.78 Å². The Kier molecular flexibility index (Phi) is 8.03. The highest BCUT2D eigenvalue weighted by Gasteiger charge is 2.44. The van der Waals surface area contributed by atoms with Crippen LogP contribution in [0.25, 0.3) is 0 Å². The SMILES string of the molecule is CN1C(C)(C)CC(Oc2ccc(C(=O)Nc3ccc(NC(=O)Nc4cc(C(F)(F)F)n(C)n4)cc3)nc2)CC1(C)C. The van der Waals surface area contributed by atoms with Gasteiger partial charge < -0.3 is 15.4 Å². The highest BCUT2D eigenvalue weighted by molar-refractivity contribution is 6.03. The lowest BCUT2D eigenvalue weighted by molar-refractivity contribution is -0.143. The molecule has 3 amide bonds. The smallest absolute Gasteiger partial charge is 0.433 e. The number of aromatic nitrogens is 3. The van der Waals surface area contributed by atoms with Crippen LogP contribution in [-0.2, 0) is 13.2 Å². The van der Waals surface area contributed by atoms with Crippen LogP contribution < -0.4 is 20.7 Å². The molecule has 1 aliphatic rings. The number of nitrogens with zero attached hydrogens (tertiary/aromatic N) is 4. The molecular weight excluding hydrogens is 539 g/mol. The zero-order valence-electron chi connectivity index (χ0n) is 23.8. The monoisotopic (exact) mass is 573 g/mol. The van der Waals surface area contributed by atoms with Crippen LogP contribution in [0.2, 0.25) is 0 Å². The molecule has 0 spiro atoms. The van der Waals surface area contributed by atoms with Crippen LogP contribution in [0.4, 0.5) is 35.2 Å². The highest BCUT2D eigenvalue weighted by atomic mass is 19.4. The number of halogens is 3. The molecule has 0 atom stereocenters. The summed E-state index contributed by atoms with van der Waals surface area (Å²) >= 11 is 0. The summed E-state index contributed by atoms with van der Waals surface area (Å²) in [5.41, 5.74) is -0.0139. The number of aryl methyl sites for hydroxylation is 1. The number of urea groups is 1. The number of hydrogen-bond acceptors (Lipinski definition) is 6. The summed E-state index contributed by atoms with van der Waals surface area (Å²) in [6.07, 6.45) is -1.30. The Morgan fingerprint density at radius 3 is 2.02 bits per heavy atom. The topological polar surface area (TPSA) is 113 Å². The fourth-order valence-electron chi connectivity index (χ4n) is 5.04. The van der Waals surface area contributed by atoms with Crippen molar-refractivity contribution < 1.29 is 27.5 Å². The van der Waals surface area contributed by atoms with Gasteiger partial charge in [-0.3, -0.25) is 19.7 Å². The maximum Gasteiger partial charge on any atom is 0.433 e. The first-order chi connectivity index (χ1) is 19.0. The molecule has 0 saturated carbocycles. The van der Waals surface area contributed by atoms with Crippen molar-refractivity contribution in [1.82, 2.24) is 19.7 Å². The molecule has 41 heavy (non-hydrogen) atoms. The van der Waals surface area contributed by atoms with Gasteiger partial charge in [-0.15, -0.1) is 0 Å². The summed E-state index contributed by atoms with van der Waals surface area (Å²) in [4.78, 5) is 31.5. The number of anilines is 3. The third kappa shape index (κ3) is 7.15. The van der Waals surface area contributed by atoms with Gasteiger partial charge in [0.25, 0.3) is 5.91 Å². The van der Waals surface area contributed by atoms with E-state index in [0.29, 0.717) is 21.8 Å². The van der Waals surface area contributed by atoms with Crippen LogP contribution in [0.15, 0.2) is 48.7 Å². The molecule has 1 aromatic carbocycles. The van der Waals surface area contributed by atoms with Crippen molar-refractivity contribution in [3.05, 3.63) is 60.0 Å². The van der Waals surface area contributed by atoms with E-state index in [2.05, 4.69) is 65.7 Å². The Hall–Kier alpha value is -4.13. The minimum absolute atomic E-state index is 0.0195. The maximum atomic E-state index is 12.9. The Morgan fingerprint density at radius 1 is 0.927 bits per heavy atom. The van der Waals surface area contributed by atoms with E-state index in [-0.39, 0.29) is 28.7 Å². The van der Waals surface area contributed by atoms with Crippen LogP contribution in [-0.4, -0.2) is 55.8 Å². The van der Waals surface area contributed by atoms with Gasteiger partial charge in [-0.05, 0) is 71.1 Å². The van der Waals surface area contributed by atoms with Crippen molar-refractivity contribution >= 4 is 29.1 Å². The van der Waals surface area contributed by atoms with E-state index in [1.54, 1.807) is 24.3 Å². The second-order valence-corrected chi connectivity index (χ2v) is 11.4. The zero-order valence-corrected chi connectivity index (χ0v) is 23.8. The number of benzene rings is 1. The summed E-state index contributed by atoms with van der Waals surface area (Å²) in [6, 6.07) is 9.48. The zero-order chi connectivity index (χ0) is 30.2. The maximum absolute atomic E-state index is 12.9. The van der Waals surface area contributed by atoms with Crippen molar-refractivity contribution in [2.75, 3.05) is 23.0 Å². The molecule has 3 N–H and O–H groups in total. The quantitative estimate of drug-likeness (QED) is 0.346. The average Bonchev–Trinajstić information content (AvgIpc) is 3.24. The number of piperidine rings is 1. The predicted octanol–water partition coefficient (Wildman–Crippen LogP) is 5.76. The number of ether oxygens (including phenoxy) is 1. The first kappa shape index (κ1) is 29.8. The molecule has 0 unspecified atom stereocenters. The van der Waals surface area contributed by atoms with Crippen molar-refractivity contribution in [3.8, 4) is 5.75 Å². The Morgan fingerprint density at radius 2 is 1.51 bits per heavy atom. The number of alkyl halides is 3. The summed E-state index contributed by atoms with van der Waals surface area (Å²) < 4.78 is 45.6.